The molecule has 0 unspecified atom stereocenters. The summed E-state index contributed by atoms with van der Waals surface area (Å²) in [6.07, 6.45) is 0. The summed E-state index contributed by atoms with van der Waals surface area (Å²) in [7, 11) is 1.80. The van der Waals surface area contributed by atoms with Gasteiger partial charge < -0.3 is 4.90 Å². The van der Waals surface area contributed by atoms with E-state index in [-0.39, 0.29) is 5.91 Å². The normalized spacial score (nSPS) is 10.3. The molecule has 0 aliphatic heterocycles. The fraction of sp³-hybridized carbons (Fsp3) is 0.188. The number of hydrogen-bond donors (Lipinski definition) is 0. The van der Waals surface area contributed by atoms with Crippen molar-refractivity contribution in [1.29, 1.82) is 0 Å². The van der Waals surface area contributed by atoms with Gasteiger partial charge in [0, 0.05) is 29.5 Å². The van der Waals surface area contributed by atoms with Crippen LogP contribution in [0.3, 0.4) is 0 Å². The second kappa shape index (κ2) is 6.91. The number of carbonyl (C=O) groups is 1. The number of alkyl halides is 1. The van der Waals surface area contributed by atoms with Crippen molar-refractivity contribution in [1.82, 2.24) is 4.90 Å². The van der Waals surface area contributed by atoms with E-state index >= 15 is 0 Å². The zero-order chi connectivity index (χ0) is 14.5. The molecule has 0 saturated carbocycles. The van der Waals surface area contributed by atoms with Crippen molar-refractivity contribution in [3.8, 4) is 0 Å². The predicted octanol–water partition coefficient (Wildman–Crippen LogP) is 4.46. The second-order valence-corrected chi connectivity index (χ2v) is 5.80. The Morgan fingerprint density at radius 3 is 2.50 bits per heavy atom. The monoisotopic (exact) mass is 351 g/mol. The molecule has 0 spiro atoms. The smallest absolute Gasteiger partial charge is 0.253 e. The Morgan fingerprint density at radius 1 is 1.15 bits per heavy atom. The molecule has 1 amide bonds. The Balaban J connectivity index is 2.09. The zero-order valence-electron chi connectivity index (χ0n) is 11.1. The van der Waals surface area contributed by atoms with E-state index in [0.29, 0.717) is 18.0 Å². The van der Waals surface area contributed by atoms with Crippen LogP contribution in [0.2, 0.25) is 0 Å². The third-order valence-corrected chi connectivity index (χ3v) is 3.85. The highest BCUT2D eigenvalue weighted by atomic mass is 79.9. The van der Waals surface area contributed by atoms with Crippen molar-refractivity contribution in [2.24, 2.45) is 0 Å². The van der Waals surface area contributed by atoms with Crippen LogP contribution >= 0.6 is 27.5 Å². The van der Waals surface area contributed by atoms with Crippen molar-refractivity contribution < 1.29 is 4.79 Å². The molecule has 0 aliphatic rings. The van der Waals surface area contributed by atoms with Crippen LogP contribution in [0, 0.1) is 0 Å². The SMILES string of the molecule is CN(Cc1ccc(Br)cc1)C(=O)c1cccc(CCl)c1. The third-order valence-electron chi connectivity index (χ3n) is 3.01. The predicted molar refractivity (Wildman–Crippen MR) is 85.9 cm³/mol. The Hall–Kier alpha value is -1.32. The van der Waals surface area contributed by atoms with Gasteiger partial charge in [-0.1, -0.05) is 40.2 Å². The van der Waals surface area contributed by atoms with Gasteiger partial charge in [-0.2, -0.15) is 0 Å². The topological polar surface area (TPSA) is 20.3 Å². The number of carbonyl (C=O) groups excluding carboxylic acids is 1. The molecule has 0 aromatic heterocycles. The van der Waals surface area contributed by atoms with E-state index < -0.39 is 0 Å². The van der Waals surface area contributed by atoms with Crippen LogP contribution in [-0.4, -0.2) is 17.9 Å². The van der Waals surface area contributed by atoms with Crippen molar-refractivity contribution in [3.63, 3.8) is 0 Å². The molecule has 0 aliphatic carbocycles. The van der Waals surface area contributed by atoms with Gasteiger partial charge in [0.25, 0.3) is 5.91 Å². The Bertz CT molecular complexity index is 598. The standard InChI is InChI=1S/C16H15BrClNO/c1-19(11-12-5-7-15(17)8-6-12)16(20)14-4-2-3-13(9-14)10-18/h2-9H,10-11H2,1H3. The minimum Gasteiger partial charge on any atom is -0.337 e. The summed E-state index contributed by atoms with van der Waals surface area (Å²) < 4.78 is 1.03. The maximum absolute atomic E-state index is 12.4. The third kappa shape index (κ3) is 3.84. The highest BCUT2D eigenvalue weighted by Crippen LogP contribution is 2.14. The first-order valence-electron chi connectivity index (χ1n) is 6.25. The summed E-state index contributed by atoms with van der Waals surface area (Å²) in [5.41, 5.74) is 2.72. The molecular formula is C16H15BrClNO. The maximum atomic E-state index is 12.4. The van der Waals surface area contributed by atoms with E-state index in [1.165, 1.54) is 0 Å². The van der Waals surface area contributed by atoms with Gasteiger partial charge in [-0.25, -0.2) is 0 Å². The lowest BCUT2D eigenvalue weighted by molar-refractivity contribution is 0.0785. The van der Waals surface area contributed by atoms with E-state index in [1.807, 2.05) is 48.5 Å². The molecule has 0 saturated heterocycles. The number of hydrogen-bond acceptors (Lipinski definition) is 1. The van der Waals surface area contributed by atoms with Crippen molar-refractivity contribution in [2.75, 3.05) is 7.05 Å². The van der Waals surface area contributed by atoms with Gasteiger partial charge in [0.15, 0.2) is 0 Å². The molecular weight excluding hydrogens is 338 g/mol. The van der Waals surface area contributed by atoms with Crippen LogP contribution in [0.5, 0.6) is 0 Å². The summed E-state index contributed by atoms with van der Waals surface area (Å²) in [4.78, 5) is 14.1. The minimum absolute atomic E-state index is 0.000106. The molecule has 2 aromatic rings. The summed E-state index contributed by atoms with van der Waals surface area (Å²) in [6, 6.07) is 15.4. The van der Waals surface area contributed by atoms with Crippen LogP contribution in [0.1, 0.15) is 21.5 Å². The van der Waals surface area contributed by atoms with E-state index in [4.69, 9.17) is 11.6 Å². The lowest BCUT2D eigenvalue weighted by Gasteiger charge is -2.17. The molecule has 4 heteroatoms. The first kappa shape index (κ1) is 15.1. The van der Waals surface area contributed by atoms with Gasteiger partial charge >= 0.3 is 0 Å². The summed E-state index contributed by atoms with van der Waals surface area (Å²) >= 11 is 9.20. The van der Waals surface area contributed by atoms with Gasteiger partial charge in [-0.3, -0.25) is 4.79 Å². The first-order chi connectivity index (χ1) is 9.60. The summed E-state index contributed by atoms with van der Waals surface area (Å²) in [6.45, 7) is 0.581. The number of benzene rings is 2. The molecule has 2 aromatic carbocycles. The van der Waals surface area contributed by atoms with Crippen molar-refractivity contribution in [2.45, 2.75) is 12.4 Å². The quantitative estimate of drug-likeness (QED) is 0.744. The largest absolute Gasteiger partial charge is 0.337 e. The molecule has 0 heterocycles. The van der Waals surface area contributed by atoms with Gasteiger partial charge in [-0.05, 0) is 35.4 Å². The summed E-state index contributed by atoms with van der Waals surface area (Å²) in [5.74, 6) is 0.414. The highest BCUT2D eigenvalue weighted by molar-refractivity contribution is 9.10. The van der Waals surface area contributed by atoms with Gasteiger partial charge in [0.05, 0.1) is 0 Å². The summed E-state index contributed by atoms with van der Waals surface area (Å²) in [5, 5.41) is 0. The molecule has 20 heavy (non-hydrogen) atoms. The minimum atomic E-state index is -0.000106. The van der Waals surface area contributed by atoms with E-state index in [9.17, 15) is 4.79 Å². The molecule has 0 atom stereocenters. The molecule has 0 radical (unpaired) electrons. The average Bonchev–Trinajstić information content (AvgIpc) is 2.48. The highest BCUT2D eigenvalue weighted by Gasteiger charge is 2.12. The van der Waals surface area contributed by atoms with Gasteiger partial charge in [0.2, 0.25) is 0 Å². The number of amides is 1. The molecule has 2 nitrogen and oxygen atoms in total. The van der Waals surface area contributed by atoms with Gasteiger partial charge in [-0.15, -0.1) is 11.6 Å². The Labute approximate surface area is 132 Å². The molecule has 0 N–H and O–H groups in total. The van der Waals surface area contributed by atoms with Crippen LogP contribution < -0.4 is 0 Å². The van der Waals surface area contributed by atoms with Crippen LogP contribution in [0.15, 0.2) is 53.0 Å². The van der Waals surface area contributed by atoms with Gasteiger partial charge in [0.1, 0.15) is 0 Å². The zero-order valence-corrected chi connectivity index (χ0v) is 13.5. The Kier molecular flexibility index (Phi) is 5.21. The van der Waals surface area contributed by atoms with Crippen LogP contribution in [-0.2, 0) is 12.4 Å². The maximum Gasteiger partial charge on any atom is 0.253 e. The fourth-order valence-electron chi connectivity index (χ4n) is 1.94. The number of rotatable bonds is 4. The lowest BCUT2D eigenvalue weighted by Crippen LogP contribution is -2.26. The van der Waals surface area contributed by atoms with E-state index in [0.717, 1.165) is 15.6 Å². The van der Waals surface area contributed by atoms with Crippen molar-refractivity contribution >= 4 is 33.4 Å². The Morgan fingerprint density at radius 2 is 1.85 bits per heavy atom. The number of nitrogens with zero attached hydrogens (tertiary/aromatic N) is 1. The van der Waals surface area contributed by atoms with Crippen LogP contribution in [0.25, 0.3) is 0 Å². The molecule has 2 rings (SSSR count). The van der Waals surface area contributed by atoms with Crippen molar-refractivity contribution in [3.05, 3.63) is 69.7 Å². The average molecular weight is 353 g/mol. The first-order valence-corrected chi connectivity index (χ1v) is 7.57. The van der Waals surface area contributed by atoms with E-state index in [1.54, 1.807) is 11.9 Å². The van der Waals surface area contributed by atoms with Crippen LogP contribution in [0.4, 0.5) is 0 Å². The molecule has 0 fully saturated rings. The van der Waals surface area contributed by atoms with E-state index in [2.05, 4.69) is 15.9 Å². The second-order valence-electron chi connectivity index (χ2n) is 4.62. The number of halogens is 2. The molecule has 0 bridgehead atoms. The lowest BCUT2D eigenvalue weighted by atomic mass is 10.1. The fourth-order valence-corrected chi connectivity index (χ4v) is 2.37. The molecule has 104 valence electrons.